The van der Waals surface area contributed by atoms with E-state index >= 15 is 0 Å². The fourth-order valence-corrected chi connectivity index (χ4v) is 2.97. The Morgan fingerprint density at radius 1 is 1.27 bits per heavy atom. The van der Waals surface area contributed by atoms with E-state index in [0.717, 1.165) is 27.8 Å². The van der Waals surface area contributed by atoms with Crippen molar-refractivity contribution in [3.8, 4) is 17.2 Å². The first-order chi connectivity index (χ1) is 12.2. The maximum Gasteiger partial charge on any atom is 0.146 e. The van der Waals surface area contributed by atoms with Crippen LogP contribution < -0.4 is 5.73 Å². The predicted molar refractivity (Wildman–Crippen MR) is 105 cm³/mol. The lowest BCUT2D eigenvalue weighted by Gasteiger charge is -2.08. The van der Waals surface area contributed by atoms with Gasteiger partial charge >= 0.3 is 0 Å². The lowest BCUT2D eigenvalue weighted by Crippen LogP contribution is -2.04. The summed E-state index contributed by atoms with van der Waals surface area (Å²) in [5.41, 5.74) is 10.7. The van der Waals surface area contributed by atoms with Gasteiger partial charge in [-0.1, -0.05) is 37.3 Å². The van der Waals surface area contributed by atoms with Gasteiger partial charge in [0.05, 0.1) is 17.1 Å². The first-order valence-electron chi connectivity index (χ1n) is 8.04. The quantitative estimate of drug-likeness (QED) is 0.686. The number of nitrogens with two attached hydrogens (primary N) is 1. The summed E-state index contributed by atoms with van der Waals surface area (Å²) in [5, 5.41) is 19.0. The maximum atomic E-state index is 9.23. The minimum absolute atomic E-state index is 0. The molecule has 6 heteroatoms. The maximum absolute atomic E-state index is 9.23. The van der Waals surface area contributed by atoms with Gasteiger partial charge in [-0.2, -0.15) is 5.26 Å². The van der Waals surface area contributed by atoms with E-state index in [4.69, 9.17) is 11.0 Å². The van der Waals surface area contributed by atoms with Crippen LogP contribution >= 0.6 is 0 Å². The molecule has 0 aliphatic heterocycles. The molecule has 3 aromatic rings. The van der Waals surface area contributed by atoms with Crippen molar-refractivity contribution in [2.45, 2.75) is 27.3 Å². The Kier molecular flexibility index (Phi) is 6.10. The first-order valence-corrected chi connectivity index (χ1v) is 8.04. The fourth-order valence-electron chi connectivity index (χ4n) is 2.97. The lowest BCUT2D eigenvalue weighted by atomic mass is 10.0. The average Bonchev–Trinajstić information content (AvgIpc) is 2.93. The van der Waals surface area contributed by atoms with E-state index in [1.807, 2.05) is 41.8 Å². The molecule has 0 radical (unpaired) electrons. The van der Waals surface area contributed by atoms with Crippen molar-refractivity contribution in [1.29, 1.82) is 5.26 Å². The highest BCUT2D eigenvalue weighted by Gasteiger charge is 2.20. The third kappa shape index (κ3) is 3.44. The van der Waals surface area contributed by atoms with Crippen molar-refractivity contribution < 1.29 is 5.11 Å². The minimum atomic E-state index is 0. The number of aliphatic hydroxyl groups excluding tert-OH is 1. The molecule has 2 heterocycles. The summed E-state index contributed by atoms with van der Waals surface area (Å²) in [4.78, 5) is 8.54. The second-order valence-electron chi connectivity index (χ2n) is 5.78. The Morgan fingerprint density at radius 2 is 2.00 bits per heavy atom. The van der Waals surface area contributed by atoms with Gasteiger partial charge in [-0.3, -0.25) is 0 Å². The van der Waals surface area contributed by atoms with Crippen molar-refractivity contribution >= 4 is 22.9 Å². The summed E-state index contributed by atoms with van der Waals surface area (Å²) < 4.78 is 1.98. The number of nitrogen functional groups attached to an aromatic ring is 1. The number of allylic oxidation sites excluding steroid dienone is 1. The topological polar surface area (TPSA) is 101 Å². The molecule has 0 atom stereocenters. The van der Waals surface area contributed by atoms with Gasteiger partial charge in [0, 0.05) is 24.8 Å². The molecule has 3 rings (SSSR count). The standard InChI is InChI=1S/C19H19N5O.CH4/c1-13-5-7-14(8-6-13)16-15(4-2-9-20)24(10-3-11-25)19-17(16)18(21)22-12-23-19;/h2,4-8,12,25H,3,10-11H2,1H3,(H2,21,22,23);1H4/b4-2+;. The Labute approximate surface area is 153 Å². The summed E-state index contributed by atoms with van der Waals surface area (Å²) in [5.74, 6) is 0.398. The van der Waals surface area contributed by atoms with E-state index in [0.29, 0.717) is 24.4 Å². The highest BCUT2D eigenvalue weighted by molar-refractivity contribution is 6.04. The van der Waals surface area contributed by atoms with Crippen LogP contribution in [-0.4, -0.2) is 26.2 Å². The molecule has 0 amide bonds. The fraction of sp³-hybridized carbons (Fsp3) is 0.250. The van der Waals surface area contributed by atoms with Crippen molar-refractivity contribution in [1.82, 2.24) is 14.5 Å². The van der Waals surface area contributed by atoms with E-state index in [1.165, 1.54) is 12.4 Å². The van der Waals surface area contributed by atoms with Crippen LogP contribution in [0.4, 0.5) is 5.82 Å². The van der Waals surface area contributed by atoms with E-state index in [2.05, 4.69) is 9.97 Å². The number of aromatic nitrogens is 3. The molecule has 0 fully saturated rings. The van der Waals surface area contributed by atoms with Gasteiger partial charge in [-0.15, -0.1) is 0 Å². The zero-order valence-electron chi connectivity index (χ0n) is 14.0. The molecule has 26 heavy (non-hydrogen) atoms. The smallest absolute Gasteiger partial charge is 0.146 e. The number of hydrogen-bond donors (Lipinski definition) is 2. The Balaban J connectivity index is 0.00000243. The highest BCUT2D eigenvalue weighted by atomic mass is 16.3. The zero-order chi connectivity index (χ0) is 17.8. The van der Waals surface area contributed by atoms with E-state index in [-0.39, 0.29) is 14.0 Å². The molecule has 134 valence electrons. The number of nitrogens with zero attached hydrogens (tertiary/aromatic N) is 4. The van der Waals surface area contributed by atoms with Gasteiger partial charge < -0.3 is 15.4 Å². The molecule has 0 saturated carbocycles. The monoisotopic (exact) mass is 349 g/mol. The Morgan fingerprint density at radius 3 is 2.65 bits per heavy atom. The van der Waals surface area contributed by atoms with Crippen LogP contribution in [0.25, 0.3) is 28.2 Å². The summed E-state index contributed by atoms with van der Waals surface area (Å²) in [7, 11) is 0. The van der Waals surface area contributed by atoms with E-state index in [1.54, 1.807) is 6.08 Å². The molecule has 1 aromatic carbocycles. The number of nitriles is 1. The first kappa shape index (κ1) is 19.2. The number of aliphatic hydroxyl groups is 1. The van der Waals surface area contributed by atoms with Gasteiger partial charge in [0.2, 0.25) is 0 Å². The summed E-state index contributed by atoms with van der Waals surface area (Å²) >= 11 is 0. The van der Waals surface area contributed by atoms with Crippen LogP contribution in [-0.2, 0) is 6.54 Å². The molecule has 0 bridgehead atoms. The molecular formula is C20H23N5O. The van der Waals surface area contributed by atoms with E-state index < -0.39 is 0 Å². The highest BCUT2D eigenvalue weighted by Crippen LogP contribution is 2.37. The molecular weight excluding hydrogens is 326 g/mol. The summed E-state index contributed by atoms with van der Waals surface area (Å²) in [6, 6.07) is 10.1. The second-order valence-corrected chi connectivity index (χ2v) is 5.78. The number of benzene rings is 1. The van der Waals surface area contributed by atoms with Crippen molar-refractivity contribution in [3.05, 3.63) is 47.9 Å². The van der Waals surface area contributed by atoms with Gasteiger partial charge in [0.15, 0.2) is 0 Å². The van der Waals surface area contributed by atoms with E-state index in [9.17, 15) is 5.11 Å². The Bertz CT molecular complexity index is 965. The average molecular weight is 349 g/mol. The molecule has 3 N–H and O–H groups in total. The normalized spacial score (nSPS) is 10.8. The number of anilines is 1. The van der Waals surface area contributed by atoms with Gasteiger partial charge in [-0.25, -0.2) is 9.97 Å². The number of aryl methyl sites for hydroxylation is 2. The third-order valence-electron chi connectivity index (χ3n) is 4.11. The second kappa shape index (κ2) is 8.28. The van der Waals surface area contributed by atoms with Gasteiger partial charge in [0.25, 0.3) is 0 Å². The number of fused-ring (bicyclic) bond motifs is 1. The number of rotatable bonds is 5. The summed E-state index contributed by atoms with van der Waals surface area (Å²) in [6.07, 6.45) is 5.21. The molecule has 0 unspecified atom stereocenters. The van der Waals surface area contributed by atoms with Gasteiger partial charge in [-0.05, 0) is 25.0 Å². The molecule has 2 aromatic heterocycles. The lowest BCUT2D eigenvalue weighted by molar-refractivity contribution is 0.280. The van der Waals surface area contributed by atoms with Crippen LogP contribution in [0.15, 0.2) is 36.7 Å². The SMILES string of the molecule is C.Cc1ccc(-c2c(/C=C/C#N)n(CCCO)c3ncnc(N)c23)cc1. The molecule has 6 nitrogen and oxygen atoms in total. The predicted octanol–water partition coefficient (Wildman–Crippen LogP) is 3.54. The van der Waals surface area contributed by atoms with Crippen LogP contribution in [0.1, 0.15) is 25.1 Å². The third-order valence-corrected chi connectivity index (χ3v) is 4.11. The molecule has 0 saturated heterocycles. The van der Waals surface area contributed by atoms with Crippen molar-refractivity contribution in [2.75, 3.05) is 12.3 Å². The van der Waals surface area contributed by atoms with Crippen LogP contribution in [0.3, 0.4) is 0 Å². The van der Waals surface area contributed by atoms with Crippen molar-refractivity contribution in [2.24, 2.45) is 0 Å². The van der Waals surface area contributed by atoms with Crippen molar-refractivity contribution in [3.63, 3.8) is 0 Å². The molecule has 0 spiro atoms. The zero-order valence-corrected chi connectivity index (χ0v) is 14.0. The van der Waals surface area contributed by atoms with Crippen LogP contribution in [0.2, 0.25) is 0 Å². The minimum Gasteiger partial charge on any atom is -0.396 e. The van der Waals surface area contributed by atoms with Gasteiger partial charge in [0.1, 0.15) is 17.8 Å². The van der Waals surface area contributed by atoms with Crippen LogP contribution in [0, 0.1) is 18.3 Å². The summed E-state index contributed by atoms with van der Waals surface area (Å²) in [6.45, 7) is 2.67. The largest absolute Gasteiger partial charge is 0.396 e. The molecule has 0 aliphatic carbocycles. The Hall–Kier alpha value is -3.17. The van der Waals surface area contributed by atoms with Crippen LogP contribution in [0.5, 0.6) is 0 Å². The number of hydrogen-bond acceptors (Lipinski definition) is 5. The molecule has 0 aliphatic rings.